The van der Waals surface area contributed by atoms with Crippen LogP contribution in [-0.4, -0.2) is 0 Å². The van der Waals surface area contributed by atoms with E-state index >= 15 is 0 Å². The molecule has 0 unspecified atom stereocenters. The molecule has 0 saturated carbocycles. The molecule has 0 aromatic carbocycles. The Morgan fingerprint density at radius 1 is 0.737 bits per heavy atom. The predicted molar refractivity (Wildman–Crippen MR) is 82.5 cm³/mol. The van der Waals surface area contributed by atoms with Crippen LogP contribution in [0.3, 0.4) is 0 Å². The molecule has 3 heteroatoms. The van der Waals surface area contributed by atoms with Crippen LogP contribution >= 0.6 is 19.4 Å². The van der Waals surface area contributed by atoms with E-state index in [1.807, 2.05) is 12.2 Å². The van der Waals surface area contributed by atoms with Crippen LogP contribution in [0.5, 0.6) is 0 Å². The zero-order chi connectivity index (χ0) is 14.0. The third-order valence-electron chi connectivity index (χ3n) is 2.58. The molecule has 0 radical (unpaired) electrons. The van der Waals surface area contributed by atoms with Gasteiger partial charge in [-0.2, -0.15) is 12.2 Å². The standard InChI is InChI=1S/2C8H11.2ClH.Rh/c2*1-2-4-6-8-7-5-3-1;;;/h2*1-3H,4,6-8H2;2*1H;/q2*-1;;;+2/p-2. The molecule has 0 spiro atoms. The van der Waals surface area contributed by atoms with E-state index in [0.717, 1.165) is 12.8 Å². The summed E-state index contributed by atoms with van der Waals surface area (Å²) in [5.74, 6) is 0. The molecule has 0 amide bonds. The van der Waals surface area contributed by atoms with Crippen LogP contribution in [0.2, 0.25) is 0 Å². The summed E-state index contributed by atoms with van der Waals surface area (Å²) in [7, 11) is 9.67. The molecule has 0 aliphatic heterocycles. The Hall–Kier alpha value is 0.163. The molecular formula is C16H22Cl2Rh-2. The van der Waals surface area contributed by atoms with Crippen molar-refractivity contribution in [3.8, 4) is 0 Å². The number of halogens is 2. The predicted octanol–water partition coefficient (Wildman–Crippen LogP) is 6.33. The van der Waals surface area contributed by atoms with Crippen molar-refractivity contribution in [1.82, 2.24) is 0 Å². The van der Waals surface area contributed by atoms with Gasteiger partial charge in [0.2, 0.25) is 0 Å². The minimum absolute atomic E-state index is 0.226. The number of hydrogen-bond acceptors (Lipinski definition) is 0. The molecule has 0 nitrogen and oxygen atoms in total. The van der Waals surface area contributed by atoms with Crippen molar-refractivity contribution in [2.45, 2.75) is 51.4 Å². The van der Waals surface area contributed by atoms with E-state index in [0.29, 0.717) is 0 Å². The van der Waals surface area contributed by atoms with E-state index in [9.17, 15) is 0 Å². The maximum absolute atomic E-state index is 4.83. The third kappa shape index (κ3) is 18.2. The molecule has 0 aromatic rings. The number of allylic oxidation sites excluding steroid dienone is 8. The Bertz CT molecular complexity index is 224. The second-order valence-corrected chi connectivity index (χ2v) is 6.62. The van der Waals surface area contributed by atoms with Crippen LogP contribution in [0.15, 0.2) is 36.5 Å². The van der Waals surface area contributed by atoms with Crippen LogP contribution in [0, 0.1) is 12.2 Å². The first-order valence-electron chi connectivity index (χ1n) is 6.69. The van der Waals surface area contributed by atoms with Crippen LogP contribution in [-0.2, 0) is 15.1 Å². The SMILES string of the molecule is [C-]1=CC=CCCCC1.[C-]1=CC=CCCCC1.[Cl][Rh][Cl]. The van der Waals surface area contributed by atoms with Gasteiger partial charge in [-0.05, 0) is 0 Å². The van der Waals surface area contributed by atoms with Gasteiger partial charge >= 0.3 is 34.5 Å². The van der Waals surface area contributed by atoms with Gasteiger partial charge in [0.25, 0.3) is 0 Å². The zero-order valence-electron chi connectivity index (χ0n) is 11.2. The van der Waals surface area contributed by atoms with Crippen LogP contribution < -0.4 is 0 Å². The summed E-state index contributed by atoms with van der Waals surface area (Å²) in [5, 5.41) is 0. The average molecular weight is 388 g/mol. The van der Waals surface area contributed by atoms with Crippen molar-refractivity contribution < 1.29 is 15.1 Å². The molecule has 2 aliphatic carbocycles. The molecule has 0 fully saturated rings. The van der Waals surface area contributed by atoms with Gasteiger partial charge in [0, 0.05) is 0 Å². The van der Waals surface area contributed by atoms with Gasteiger partial charge in [-0.15, -0.1) is 12.8 Å². The molecule has 0 heterocycles. The van der Waals surface area contributed by atoms with Gasteiger partial charge in [-0.3, -0.25) is 12.2 Å². The van der Waals surface area contributed by atoms with E-state index in [-0.39, 0.29) is 15.1 Å². The molecule has 2 rings (SSSR count). The number of hydrogen-bond donors (Lipinski definition) is 0. The summed E-state index contributed by atoms with van der Waals surface area (Å²) in [6, 6.07) is 0. The van der Waals surface area contributed by atoms with Crippen LogP contribution in [0.1, 0.15) is 51.4 Å². The molecule has 0 atom stereocenters. The van der Waals surface area contributed by atoms with E-state index in [2.05, 4.69) is 36.5 Å². The third-order valence-corrected chi connectivity index (χ3v) is 2.58. The van der Waals surface area contributed by atoms with Gasteiger partial charge in [0.15, 0.2) is 0 Å². The van der Waals surface area contributed by atoms with Gasteiger partial charge in [0.1, 0.15) is 0 Å². The Balaban J connectivity index is 0.000000284. The van der Waals surface area contributed by atoms with Crippen molar-refractivity contribution in [3.63, 3.8) is 0 Å². The van der Waals surface area contributed by atoms with Gasteiger partial charge in [-0.1, -0.05) is 38.5 Å². The van der Waals surface area contributed by atoms with Crippen molar-refractivity contribution in [2.75, 3.05) is 0 Å². The summed E-state index contributed by atoms with van der Waals surface area (Å²) in [6.07, 6.45) is 29.0. The van der Waals surface area contributed by atoms with E-state index < -0.39 is 0 Å². The molecule has 2 aliphatic rings. The summed E-state index contributed by atoms with van der Waals surface area (Å²) < 4.78 is 0. The quantitative estimate of drug-likeness (QED) is 0.336. The number of rotatable bonds is 0. The summed E-state index contributed by atoms with van der Waals surface area (Å²) in [5.41, 5.74) is 0. The zero-order valence-corrected chi connectivity index (χ0v) is 14.4. The Labute approximate surface area is 134 Å². The normalized spacial score (nSPS) is 18.0. The molecule has 0 aromatic heterocycles. The van der Waals surface area contributed by atoms with Crippen molar-refractivity contribution >= 4 is 19.4 Å². The Morgan fingerprint density at radius 3 is 1.58 bits per heavy atom. The second kappa shape index (κ2) is 18.2. The van der Waals surface area contributed by atoms with E-state index in [4.69, 9.17) is 19.4 Å². The summed E-state index contributed by atoms with van der Waals surface area (Å²) in [4.78, 5) is 0. The first-order chi connectivity index (χ1) is 9.41. The molecule has 0 bridgehead atoms. The van der Waals surface area contributed by atoms with Crippen molar-refractivity contribution in [1.29, 1.82) is 0 Å². The molecule has 111 valence electrons. The van der Waals surface area contributed by atoms with Crippen LogP contribution in [0.4, 0.5) is 0 Å². The topological polar surface area (TPSA) is 0 Å². The average Bonchev–Trinajstić information content (AvgIpc) is 2.28. The van der Waals surface area contributed by atoms with Gasteiger partial charge < -0.3 is 0 Å². The fourth-order valence-electron chi connectivity index (χ4n) is 1.61. The second-order valence-electron chi connectivity index (χ2n) is 4.14. The first kappa shape index (κ1) is 19.2. The molecule has 0 N–H and O–H groups in total. The Morgan fingerprint density at radius 2 is 1.16 bits per heavy atom. The first-order valence-corrected chi connectivity index (χ1v) is 10.9. The van der Waals surface area contributed by atoms with Gasteiger partial charge in [-0.25, -0.2) is 24.3 Å². The monoisotopic (exact) mass is 387 g/mol. The van der Waals surface area contributed by atoms with E-state index in [1.54, 1.807) is 0 Å². The van der Waals surface area contributed by atoms with Crippen molar-refractivity contribution in [2.24, 2.45) is 0 Å². The molecule has 0 saturated heterocycles. The minimum atomic E-state index is -0.226. The fourth-order valence-corrected chi connectivity index (χ4v) is 1.61. The summed E-state index contributed by atoms with van der Waals surface area (Å²) >= 11 is -0.226. The van der Waals surface area contributed by atoms with Crippen LogP contribution in [0.25, 0.3) is 0 Å². The Kier molecular flexibility index (Phi) is 18.3. The van der Waals surface area contributed by atoms with Gasteiger partial charge in [0.05, 0.1) is 0 Å². The van der Waals surface area contributed by atoms with E-state index in [1.165, 1.54) is 38.5 Å². The molecular weight excluding hydrogens is 366 g/mol. The fraction of sp³-hybridized carbons (Fsp3) is 0.500. The molecule has 19 heavy (non-hydrogen) atoms. The summed E-state index contributed by atoms with van der Waals surface area (Å²) in [6.45, 7) is 0. The maximum atomic E-state index is 4.83. The van der Waals surface area contributed by atoms with Crippen molar-refractivity contribution in [3.05, 3.63) is 48.6 Å².